The summed E-state index contributed by atoms with van der Waals surface area (Å²) >= 11 is 0. The van der Waals surface area contributed by atoms with E-state index in [2.05, 4.69) is 76.2 Å². The Morgan fingerprint density at radius 1 is 1.03 bits per heavy atom. The van der Waals surface area contributed by atoms with E-state index in [-0.39, 0.29) is 17.2 Å². The molecule has 0 bridgehead atoms. The average molecular weight is 470 g/mol. The van der Waals surface area contributed by atoms with Gasteiger partial charge in [0, 0.05) is 6.61 Å². The highest BCUT2D eigenvalue weighted by atomic mass is 28.4. The fraction of sp³-hybridized carbons (Fsp3) is 0.519. The first-order chi connectivity index (χ1) is 15.8. The van der Waals surface area contributed by atoms with Crippen LogP contribution in [0.2, 0.25) is 5.04 Å². The van der Waals surface area contributed by atoms with E-state index in [4.69, 9.17) is 9.16 Å². The minimum Gasteiger partial charge on any atom is -0.465 e. The molecule has 1 fully saturated rings. The van der Waals surface area contributed by atoms with Gasteiger partial charge in [-0.3, -0.25) is 0 Å². The van der Waals surface area contributed by atoms with Gasteiger partial charge in [0.25, 0.3) is 8.32 Å². The van der Waals surface area contributed by atoms with Crippen molar-refractivity contribution in [3.63, 3.8) is 0 Å². The van der Waals surface area contributed by atoms with Crippen LogP contribution in [0.3, 0.4) is 0 Å². The minimum atomic E-state index is -2.70. The first kappa shape index (κ1) is 25.5. The van der Waals surface area contributed by atoms with Gasteiger partial charge in [0.05, 0.1) is 25.3 Å². The quantitative estimate of drug-likeness (QED) is 0.398. The summed E-state index contributed by atoms with van der Waals surface area (Å²) in [4.78, 5) is 13.5. The van der Waals surface area contributed by atoms with Crippen molar-refractivity contribution in [3.05, 3.63) is 60.7 Å². The van der Waals surface area contributed by atoms with Gasteiger partial charge in [-0.1, -0.05) is 101 Å². The van der Waals surface area contributed by atoms with Crippen LogP contribution in [-0.2, 0) is 9.16 Å². The number of ether oxygens (including phenoxy) is 1. The highest BCUT2D eigenvalue weighted by molar-refractivity contribution is 6.99. The van der Waals surface area contributed by atoms with E-state index in [0.717, 1.165) is 19.3 Å². The molecule has 6 heteroatoms. The molecular weight excluding hydrogens is 430 g/mol. The molecule has 0 saturated carbocycles. The average Bonchev–Trinajstić information content (AvgIpc) is 3.21. The SMILES string of the molecule is CCCCCOC1CC(CO[Si](c2ccccc2)(c2ccccc2)C(C)(C)C)N(C(=O)O)C1. The Kier molecular flexibility index (Phi) is 8.73. The van der Waals surface area contributed by atoms with Crippen molar-refractivity contribution < 1.29 is 19.1 Å². The van der Waals surface area contributed by atoms with Gasteiger partial charge in [-0.05, 0) is 28.3 Å². The van der Waals surface area contributed by atoms with Crippen LogP contribution in [0.1, 0.15) is 53.4 Å². The van der Waals surface area contributed by atoms with Crippen LogP contribution < -0.4 is 10.4 Å². The van der Waals surface area contributed by atoms with E-state index in [1.807, 2.05) is 12.1 Å². The first-order valence-electron chi connectivity index (χ1n) is 12.2. The second-order valence-corrected chi connectivity index (χ2v) is 14.3. The molecule has 33 heavy (non-hydrogen) atoms. The fourth-order valence-electron chi connectivity index (χ4n) is 4.97. The number of hydrogen-bond acceptors (Lipinski definition) is 3. The molecule has 1 N–H and O–H groups in total. The van der Waals surface area contributed by atoms with Gasteiger partial charge in [-0.2, -0.15) is 0 Å². The molecule has 2 unspecified atom stereocenters. The maximum Gasteiger partial charge on any atom is 0.407 e. The van der Waals surface area contributed by atoms with Crippen molar-refractivity contribution in [3.8, 4) is 0 Å². The van der Waals surface area contributed by atoms with Gasteiger partial charge in [0.2, 0.25) is 0 Å². The van der Waals surface area contributed by atoms with Crippen LogP contribution in [0.25, 0.3) is 0 Å². The molecule has 0 aromatic heterocycles. The summed E-state index contributed by atoms with van der Waals surface area (Å²) < 4.78 is 13.0. The Labute approximate surface area is 199 Å². The molecule has 1 amide bonds. The van der Waals surface area contributed by atoms with Crippen LogP contribution in [0.4, 0.5) is 4.79 Å². The van der Waals surface area contributed by atoms with Gasteiger partial charge in [-0.15, -0.1) is 0 Å². The predicted octanol–water partition coefficient (Wildman–Crippen LogP) is 4.89. The third-order valence-electron chi connectivity index (χ3n) is 6.63. The number of likely N-dealkylation sites (tertiary alicyclic amines) is 1. The monoisotopic (exact) mass is 469 g/mol. The molecule has 1 heterocycles. The zero-order valence-corrected chi connectivity index (χ0v) is 21.5. The molecule has 0 spiro atoms. The second-order valence-electron chi connectivity index (χ2n) is 10.00. The van der Waals surface area contributed by atoms with Crippen LogP contribution in [0, 0.1) is 0 Å². The fourth-order valence-corrected chi connectivity index (χ4v) is 9.57. The molecular formula is C27H39NO4Si. The minimum absolute atomic E-state index is 0.0642. The first-order valence-corrected chi connectivity index (χ1v) is 14.1. The Balaban J connectivity index is 1.87. The van der Waals surface area contributed by atoms with Crippen molar-refractivity contribution in [2.45, 2.75) is 70.6 Å². The number of unbranched alkanes of at least 4 members (excludes halogenated alkanes) is 2. The molecule has 1 aliphatic rings. The Morgan fingerprint density at radius 2 is 1.61 bits per heavy atom. The molecule has 0 aliphatic carbocycles. The summed E-state index contributed by atoms with van der Waals surface area (Å²) in [5.74, 6) is 0. The summed E-state index contributed by atoms with van der Waals surface area (Å²) in [5.41, 5.74) is 0. The van der Waals surface area contributed by atoms with E-state index >= 15 is 0 Å². The smallest absolute Gasteiger partial charge is 0.407 e. The highest BCUT2D eigenvalue weighted by Gasteiger charge is 2.51. The molecule has 180 valence electrons. The van der Waals surface area contributed by atoms with E-state index in [1.54, 1.807) is 0 Å². The number of carbonyl (C=O) groups is 1. The molecule has 5 nitrogen and oxygen atoms in total. The van der Waals surface area contributed by atoms with Crippen LogP contribution in [0.5, 0.6) is 0 Å². The van der Waals surface area contributed by atoms with Crippen molar-refractivity contribution in [2.75, 3.05) is 19.8 Å². The van der Waals surface area contributed by atoms with E-state index < -0.39 is 14.4 Å². The lowest BCUT2D eigenvalue weighted by Crippen LogP contribution is -2.67. The maximum absolute atomic E-state index is 12.0. The molecule has 0 radical (unpaired) electrons. The van der Waals surface area contributed by atoms with E-state index in [0.29, 0.717) is 26.2 Å². The predicted molar refractivity (Wildman–Crippen MR) is 136 cm³/mol. The van der Waals surface area contributed by atoms with E-state index in [9.17, 15) is 9.90 Å². The van der Waals surface area contributed by atoms with Crippen molar-refractivity contribution in [1.82, 2.24) is 4.90 Å². The lowest BCUT2D eigenvalue weighted by atomic mass is 10.2. The summed E-state index contributed by atoms with van der Waals surface area (Å²) in [6.45, 7) is 10.4. The second kappa shape index (κ2) is 11.3. The Hall–Kier alpha value is -2.15. The van der Waals surface area contributed by atoms with Gasteiger partial charge in [0.1, 0.15) is 0 Å². The van der Waals surface area contributed by atoms with Gasteiger partial charge < -0.3 is 19.2 Å². The zero-order chi connectivity index (χ0) is 23.9. The third kappa shape index (κ3) is 5.86. The Bertz CT molecular complexity index is 829. The molecule has 2 aromatic carbocycles. The van der Waals surface area contributed by atoms with Crippen molar-refractivity contribution >= 4 is 24.8 Å². The van der Waals surface area contributed by atoms with Crippen LogP contribution >= 0.6 is 0 Å². The number of carboxylic acid groups (broad SMARTS) is 1. The molecule has 1 aliphatic heterocycles. The summed E-state index contributed by atoms with van der Waals surface area (Å²) in [7, 11) is -2.70. The summed E-state index contributed by atoms with van der Waals surface area (Å²) in [6.07, 6.45) is 3.01. The van der Waals surface area contributed by atoms with Crippen molar-refractivity contribution in [2.24, 2.45) is 0 Å². The summed E-state index contributed by atoms with van der Waals surface area (Å²) in [6, 6.07) is 20.7. The standard InChI is InChI=1S/C27H39NO4Si/c1-5-6-13-18-31-23-19-22(28(20-23)26(29)30)21-32-33(27(2,3)4,24-14-9-7-10-15-24)25-16-11-8-12-17-25/h7-12,14-17,22-23H,5-6,13,18-21H2,1-4H3,(H,29,30). The van der Waals surface area contributed by atoms with Crippen LogP contribution in [0.15, 0.2) is 60.7 Å². The molecule has 3 rings (SSSR count). The van der Waals surface area contributed by atoms with E-state index in [1.165, 1.54) is 15.3 Å². The summed E-state index contributed by atoms with van der Waals surface area (Å²) in [5, 5.41) is 12.1. The maximum atomic E-state index is 12.0. The number of amides is 1. The zero-order valence-electron chi connectivity index (χ0n) is 20.5. The molecule has 2 aromatic rings. The lowest BCUT2D eigenvalue weighted by molar-refractivity contribution is 0.0561. The highest BCUT2D eigenvalue weighted by Crippen LogP contribution is 2.37. The molecule has 1 saturated heterocycles. The number of rotatable bonds is 10. The molecule has 2 atom stereocenters. The normalized spacial score (nSPS) is 19.1. The van der Waals surface area contributed by atoms with Crippen LogP contribution in [-0.4, -0.2) is 56.3 Å². The number of nitrogens with zero attached hydrogens (tertiary/aromatic N) is 1. The largest absolute Gasteiger partial charge is 0.465 e. The van der Waals surface area contributed by atoms with Gasteiger partial charge in [-0.25, -0.2) is 4.79 Å². The number of benzene rings is 2. The number of hydrogen-bond donors (Lipinski definition) is 1. The van der Waals surface area contributed by atoms with Gasteiger partial charge in [0.15, 0.2) is 0 Å². The third-order valence-corrected chi connectivity index (χ3v) is 11.6. The topological polar surface area (TPSA) is 59.0 Å². The van der Waals surface area contributed by atoms with Crippen molar-refractivity contribution in [1.29, 1.82) is 0 Å². The Morgan fingerprint density at radius 3 is 2.09 bits per heavy atom. The van der Waals surface area contributed by atoms with Gasteiger partial charge >= 0.3 is 6.09 Å². The lowest BCUT2D eigenvalue weighted by Gasteiger charge is -2.43.